The van der Waals surface area contributed by atoms with Crippen molar-refractivity contribution in [2.24, 2.45) is 5.10 Å². The highest BCUT2D eigenvalue weighted by Gasteiger charge is 2.10. The van der Waals surface area contributed by atoms with E-state index in [1.165, 1.54) is 12.1 Å². The fraction of sp³-hybridized carbons (Fsp3) is 0.333. The Morgan fingerprint density at radius 3 is 2.43 bits per heavy atom. The van der Waals surface area contributed by atoms with Gasteiger partial charge in [-0.15, -0.1) is 0 Å². The van der Waals surface area contributed by atoms with E-state index in [1.807, 2.05) is 25.1 Å². The van der Waals surface area contributed by atoms with Crippen molar-refractivity contribution >= 4 is 11.6 Å². The lowest BCUT2D eigenvalue weighted by atomic mass is 10.0. The lowest BCUT2D eigenvalue weighted by Crippen LogP contribution is -2.26. The first-order valence-electron chi connectivity index (χ1n) is 8.88. The Bertz CT molecular complexity index is 834. The van der Waals surface area contributed by atoms with Gasteiger partial charge in [-0.2, -0.15) is 13.9 Å². The van der Waals surface area contributed by atoms with Crippen molar-refractivity contribution in [2.45, 2.75) is 40.2 Å². The van der Waals surface area contributed by atoms with Gasteiger partial charge >= 0.3 is 6.61 Å². The predicted molar refractivity (Wildman–Crippen MR) is 104 cm³/mol. The molecule has 1 N–H and O–H groups in total. The smallest absolute Gasteiger partial charge is 0.387 e. The fourth-order valence-corrected chi connectivity index (χ4v) is 2.51. The van der Waals surface area contributed by atoms with Crippen LogP contribution in [0.25, 0.3) is 0 Å². The molecule has 5 nitrogen and oxygen atoms in total. The molecule has 0 saturated heterocycles. The highest BCUT2D eigenvalue weighted by atomic mass is 19.3. The van der Waals surface area contributed by atoms with Gasteiger partial charge in [0.25, 0.3) is 5.91 Å². The van der Waals surface area contributed by atoms with Crippen LogP contribution in [0.15, 0.2) is 47.6 Å². The number of nitrogens with zero attached hydrogens (tertiary/aromatic N) is 1. The second kappa shape index (κ2) is 9.82. The maximum atomic E-state index is 12.2. The topological polar surface area (TPSA) is 59.9 Å². The molecule has 0 aromatic heterocycles. The number of rotatable bonds is 8. The Kier molecular flexibility index (Phi) is 7.49. The zero-order valence-electron chi connectivity index (χ0n) is 16.3. The number of hydrogen-bond donors (Lipinski definition) is 1. The van der Waals surface area contributed by atoms with Gasteiger partial charge in [-0.25, -0.2) is 5.43 Å². The van der Waals surface area contributed by atoms with Gasteiger partial charge in [0.1, 0.15) is 11.5 Å². The average molecular weight is 390 g/mol. The number of carbonyl (C=O) groups excluding carboxylic acids is 1. The van der Waals surface area contributed by atoms with Crippen LogP contribution in [0.2, 0.25) is 0 Å². The van der Waals surface area contributed by atoms with E-state index in [4.69, 9.17) is 4.74 Å². The van der Waals surface area contributed by atoms with Crippen molar-refractivity contribution in [1.82, 2.24) is 5.43 Å². The van der Waals surface area contributed by atoms with Crippen LogP contribution >= 0.6 is 0 Å². The second-order valence-corrected chi connectivity index (χ2v) is 6.62. The van der Waals surface area contributed by atoms with Crippen molar-refractivity contribution in [3.05, 3.63) is 59.2 Å². The summed E-state index contributed by atoms with van der Waals surface area (Å²) in [6, 6.07) is 11.9. The third-order valence-corrected chi connectivity index (χ3v) is 4.00. The molecule has 150 valence electrons. The molecule has 7 heteroatoms. The molecule has 0 unspecified atom stereocenters. The van der Waals surface area contributed by atoms with Crippen molar-refractivity contribution in [1.29, 1.82) is 0 Å². The molecule has 0 aliphatic rings. The van der Waals surface area contributed by atoms with Crippen molar-refractivity contribution in [3.63, 3.8) is 0 Å². The first-order chi connectivity index (χ1) is 13.3. The summed E-state index contributed by atoms with van der Waals surface area (Å²) in [5.74, 6) is 0.618. The summed E-state index contributed by atoms with van der Waals surface area (Å²) in [5.41, 5.74) is 5.71. The zero-order chi connectivity index (χ0) is 20.7. The molecule has 0 heterocycles. The number of amides is 1. The number of hydrogen-bond acceptors (Lipinski definition) is 4. The van der Waals surface area contributed by atoms with E-state index < -0.39 is 12.5 Å². The molecular weight excluding hydrogens is 366 g/mol. The van der Waals surface area contributed by atoms with Crippen LogP contribution in [0, 0.1) is 6.92 Å². The molecule has 2 rings (SSSR count). The van der Waals surface area contributed by atoms with Gasteiger partial charge in [-0.05, 0) is 66.8 Å². The zero-order valence-corrected chi connectivity index (χ0v) is 16.3. The lowest BCUT2D eigenvalue weighted by Gasteiger charge is -2.14. The Labute approximate surface area is 163 Å². The Morgan fingerprint density at radius 1 is 1.14 bits per heavy atom. The number of halogens is 2. The van der Waals surface area contributed by atoms with E-state index in [9.17, 15) is 13.6 Å². The molecule has 0 saturated carbocycles. The number of hydrazone groups is 1. The van der Waals surface area contributed by atoms with Gasteiger partial charge in [0.05, 0.1) is 5.71 Å². The van der Waals surface area contributed by atoms with Gasteiger partial charge < -0.3 is 9.47 Å². The molecule has 2 aromatic carbocycles. The molecule has 0 radical (unpaired) electrons. The van der Waals surface area contributed by atoms with Crippen LogP contribution in [-0.4, -0.2) is 24.8 Å². The summed E-state index contributed by atoms with van der Waals surface area (Å²) < 4.78 is 34.3. The predicted octanol–water partition coefficient (Wildman–Crippen LogP) is 4.64. The average Bonchev–Trinajstić information content (AvgIpc) is 2.64. The Morgan fingerprint density at radius 2 is 1.82 bits per heavy atom. The standard InChI is InChI=1S/C21H24F2N2O3/c1-13(2)18-10-5-14(3)11-19(18)27-12-20(26)25-24-15(4)16-6-8-17(9-7-16)28-21(22)23/h5-11,13,21H,12H2,1-4H3,(H,25,26). The molecule has 28 heavy (non-hydrogen) atoms. The summed E-state index contributed by atoms with van der Waals surface area (Å²) in [5, 5.41) is 4.02. The molecule has 0 bridgehead atoms. The first kappa shape index (κ1) is 21.3. The van der Waals surface area contributed by atoms with Gasteiger partial charge in [-0.3, -0.25) is 4.79 Å². The van der Waals surface area contributed by atoms with Crippen molar-refractivity contribution in [2.75, 3.05) is 6.61 Å². The lowest BCUT2D eigenvalue weighted by molar-refractivity contribution is -0.123. The second-order valence-electron chi connectivity index (χ2n) is 6.62. The number of aryl methyl sites for hydroxylation is 1. The quantitative estimate of drug-likeness (QED) is 0.528. The summed E-state index contributed by atoms with van der Waals surface area (Å²) in [7, 11) is 0. The van der Waals surface area contributed by atoms with Gasteiger partial charge in [-0.1, -0.05) is 26.0 Å². The largest absolute Gasteiger partial charge is 0.483 e. The number of carbonyl (C=O) groups is 1. The molecule has 1 amide bonds. The SMILES string of the molecule is CC(=NNC(=O)COc1cc(C)ccc1C(C)C)c1ccc(OC(F)F)cc1. The maximum absolute atomic E-state index is 12.2. The third-order valence-electron chi connectivity index (χ3n) is 4.00. The molecule has 2 aromatic rings. The minimum atomic E-state index is -2.87. The fourth-order valence-electron chi connectivity index (χ4n) is 2.51. The van der Waals surface area contributed by atoms with Gasteiger partial charge in [0.15, 0.2) is 6.61 Å². The number of nitrogens with one attached hydrogen (secondary N) is 1. The third kappa shape index (κ3) is 6.33. The summed E-state index contributed by atoms with van der Waals surface area (Å²) in [6.07, 6.45) is 0. The number of benzene rings is 2. The molecule has 0 spiro atoms. The molecule has 0 atom stereocenters. The molecular formula is C21H24F2N2O3. The maximum Gasteiger partial charge on any atom is 0.387 e. The van der Waals surface area contributed by atoms with E-state index in [-0.39, 0.29) is 18.3 Å². The molecule has 0 aliphatic heterocycles. The van der Waals surface area contributed by atoms with E-state index in [2.05, 4.69) is 29.1 Å². The minimum Gasteiger partial charge on any atom is -0.483 e. The van der Waals surface area contributed by atoms with Crippen LogP contribution in [0.5, 0.6) is 11.5 Å². The van der Waals surface area contributed by atoms with E-state index in [0.29, 0.717) is 17.0 Å². The van der Waals surface area contributed by atoms with E-state index >= 15 is 0 Å². The Hall–Kier alpha value is -2.96. The summed E-state index contributed by atoms with van der Waals surface area (Å²) in [6.45, 7) is 4.74. The van der Waals surface area contributed by atoms with Crippen LogP contribution in [-0.2, 0) is 4.79 Å². The van der Waals surface area contributed by atoms with Gasteiger partial charge in [0.2, 0.25) is 0 Å². The highest BCUT2D eigenvalue weighted by molar-refractivity contribution is 5.99. The van der Waals surface area contributed by atoms with Crippen LogP contribution in [0.3, 0.4) is 0 Å². The minimum absolute atomic E-state index is 0.0584. The molecule has 0 aliphatic carbocycles. The highest BCUT2D eigenvalue weighted by Crippen LogP contribution is 2.27. The van der Waals surface area contributed by atoms with Gasteiger partial charge in [0, 0.05) is 0 Å². The van der Waals surface area contributed by atoms with E-state index in [1.54, 1.807) is 19.1 Å². The van der Waals surface area contributed by atoms with Crippen LogP contribution in [0.4, 0.5) is 8.78 Å². The number of alkyl halides is 2. The summed E-state index contributed by atoms with van der Waals surface area (Å²) >= 11 is 0. The first-order valence-corrected chi connectivity index (χ1v) is 8.88. The Balaban J connectivity index is 1.93. The van der Waals surface area contributed by atoms with Crippen molar-refractivity contribution < 1.29 is 23.0 Å². The van der Waals surface area contributed by atoms with Crippen LogP contribution in [0.1, 0.15) is 43.4 Å². The molecule has 0 fully saturated rings. The number of ether oxygens (including phenoxy) is 2. The summed E-state index contributed by atoms with van der Waals surface area (Å²) in [4.78, 5) is 12.0. The normalized spacial score (nSPS) is 11.6. The van der Waals surface area contributed by atoms with E-state index in [0.717, 1.165) is 11.1 Å². The van der Waals surface area contributed by atoms with Crippen LogP contribution < -0.4 is 14.9 Å². The monoisotopic (exact) mass is 390 g/mol. The van der Waals surface area contributed by atoms with Crippen molar-refractivity contribution in [3.8, 4) is 11.5 Å².